The maximum absolute atomic E-state index is 9.22. The molecule has 2 rings (SSSR count). The molecule has 1 aliphatic rings. The molecule has 82 valence electrons. The van der Waals surface area contributed by atoms with Gasteiger partial charge < -0.3 is 15.3 Å². The Labute approximate surface area is 90.7 Å². The van der Waals surface area contributed by atoms with Crippen molar-refractivity contribution < 1.29 is 5.11 Å². The van der Waals surface area contributed by atoms with Crippen LogP contribution >= 0.6 is 0 Å². The van der Waals surface area contributed by atoms with Crippen molar-refractivity contribution in [3.8, 4) is 0 Å². The van der Waals surface area contributed by atoms with Gasteiger partial charge in [0, 0.05) is 23.8 Å². The largest absolute Gasteiger partial charge is 0.392 e. The molecule has 0 amide bonds. The molecule has 2 N–H and O–H groups in total. The Hall–Kier alpha value is -1.06. The number of benzene rings is 1. The van der Waals surface area contributed by atoms with E-state index in [0.717, 1.165) is 24.2 Å². The smallest absolute Gasteiger partial charge is 0.0702 e. The lowest BCUT2D eigenvalue weighted by molar-refractivity contribution is 0.279. The van der Waals surface area contributed by atoms with E-state index in [1.807, 2.05) is 12.1 Å². The van der Waals surface area contributed by atoms with Crippen LogP contribution in [0.5, 0.6) is 0 Å². The summed E-state index contributed by atoms with van der Waals surface area (Å²) in [4.78, 5) is 2.24. The average Bonchev–Trinajstić information content (AvgIpc) is 2.27. The van der Waals surface area contributed by atoms with Crippen LogP contribution in [0.4, 0.5) is 5.69 Å². The minimum Gasteiger partial charge on any atom is -0.392 e. The number of fused-ring (bicyclic) bond motifs is 1. The summed E-state index contributed by atoms with van der Waals surface area (Å²) in [5.41, 5.74) is 3.45. The lowest BCUT2D eigenvalue weighted by Crippen LogP contribution is -2.39. The van der Waals surface area contributed by atoms with Crippen LogP contribution in [0, 0.1) is 0 Å². The fourth-order valence-electron chi connectivity index (χ4n) is 2.09. The molecule has 0 aliphatic carbocycles. The quantitative estimate of drug-likeness (QED) is 0.760. The van der Waals surface area contributed by atoms with Crippen LogP contribution in [0.1, 0.15) is 11.1 Å². The molecule has 0 radical (unpaired) electrons. The van der Waals surface area contributed by atoms with Crippen molar-refractivity contribution in [3.05, 3.63) is 29.3 Å². The molecule has 1 aromatic rings. The Morgan fingerprint density at radius 3 is 2.93 bits per heavy atom. The van der Waals surface area contributed by atoms with Gasteiger partial charge in [-0.05, 0) is 26.1 Å². The van der Waals surface area contributed by atoms with Gasteiger partial charge in [0.2, 0.25) is 0 Å². The van der Waals surface area contributed by atoms with Crippen molar-refractivity contribution >= 4 is 5.69 Å². The number of hydrogen-bond donors (Lipinski definition) is 2. The number of nitrogens with one attached hydrogen (secondary N) is 1. The van der Waals surface area contributed by atoms with Gasteiger partial charge in [-0.25, -0.2) is 0 Å². The molecule has 1 heterocycles. The first kappa shape index (κ1) is 10.5. The van der Waals surface area contributed by atoms with Gasteiger partial charge in [-0.1, -0.05) is 18.2 Å². The average molecular weight is 206 g/mol. The summed E-state index contributed by atoms with van der Waals surface area (Å²) in [5, 5.41) is 12.6. The summed E-state index contributed by atoms with van der Waals surface area (Å²) in [6.45, 7) is 1.07. The predicted molar refractivity (Wildman–Crippen MR) is 62.0 cm³/mol. The molecular formula is C12H18N2O. The third kappa shape index (κ3) is 1.98. The van der Waals surface area contributed by atoms with Crippen molar-refractivity contribution in [3.63, 3.8) is 0 Å². The van der Waals surface area contributed by atoms with E-state index in [4.69, 9.17) is 0 Å². The Morgan fingerprint density at radius 1 is 1.47 bits per heavy atom. The Balaban J connectivity index is 2.27. The van der Waals surface area contributed by atoms with E-state index in [-0.39, 0.29) is 6.61 Å². The van der Waals surface area contributed by atoms with Crippen LogP contribution < -0.4 is 5.32 Å². The van der Waals surface area contributed by atoms with Gasteiger partial charge in [0.25, 0.3) is 0 Å². The fourth-order valence-corrected chi connectivity index (χ4v) is 2.09. The number of aliphatic hydroxyl groups excluding tert-OH is 1. The molecule has 0 saturated heterocycles. The van der Waals surface area contributed by atoms with E-state index < -0.39 is 0 Å². The molecule has 15 heavy (non-hydrogen) atoms. The first-order valence-corrected chi connectivity index (χ1v) is 5.34. The van der Waals surface area contributed by atoms with Crippen LogP contribution in [0.15, 0.2) is 18.2 Å². The Kier molecular flexibility index (Phi) is 2.93. The zero-order chi connectivity index (χ0) is 10.8. The molecule has 3 heteroatoms. The van der Waals surface area contributed by atoms with Crippen LogP contribution in [0.25, 0.3) is 0 Å². The number of anilines is 1. The molecule has 0 fully saturated rings. The standard InChI is InChI=1S/C12H18N2O/c1-14(2)11-6-9-4-3-5-10(8-15)12(9)13-7-11/h3-5,11,13,15H,6-8H2,1-2H3. The highest BCUT2D eigenvalue weighted by Crippen LogP contribution is 2.27. The maximum Gasteiger partial charge on any atom is 0.0702 e. The van der Waals surface area contributed by atoms with Gasteiger partial charge in [0.05, 0.1) is 6.61 Å². The summed E-state index contributed by atoms with van der Waals surface area (Å²) in [5.74, 6) is 0. The monoisotopic (exact) mass is 206 g/mol. The van der Waals surface area contributed by atoms with Crippen molar-refractivity contribution in [1.29, 1.82) is 0 Å². The van der Waals surface area contributed by atoms with Crippen LogP contribution in [0.2, 0.25) is 0 Å². The third-order valence-corrected chi connectivity index (χ3v) is 3.11. The maximum atomic E-state index is 9.22. The van der Waals surface area contributed by atoms with Crippen LogP contribution in [0.3, 0.4) is 0 Å². The highest BCUT2D eigenvalue weighted by molar-refractivity contribution is 5.59. The molecule has 0 aromatic heterocycles. The highest BCUT2D eigenvalue weighted by atomic mass is 16.3. The molecule has 1 aromatic carbocycles. The van der Waals surface area contributed by atoms with E-state index in [2.05, 4.69) is 30.4 Å². The Bertz CT molecular complexity index is 349. The van der Waals surface area contributed by atoms with Crippen molar-refractivity contribution in [1.82, 2.24) is 4.90 Å². The van der Waals surface area contributed by atoms with E-state index in [1.54, 1.807) is 0 Å². The lowest BCUT2D eigenvalue weighted by atomic mass is 9.96. The molecule has 0 bridgehead atoms. The van der Waals surface area contributed by atoms with Gasteiger partial charge in [0.15, 0.2) is 0 Å². The van der Waals surface area contributed by atoms with Gasteiger partial charge in [-0.3, -0.25) is 0 Å². The summed E-state index contributed by atoms with van der Waals surface area (Å²) in [7, 11) is 4.21. The zero-order valence-electron chi connectivity index (χ0n) is 9.33. The molecule has 1 unspecified atom stereocenters. The summed E-state index contributed by atoms with van der Waals surface area (Å²) in [6.07, 6.45) is 1.06. The summed E-state index contributed by atoms with van der Waals surface area (Å²) >= 11 is 0. The summed E-state index contributed by atoms with van der Waals surface area (Å²) in [6, 6.07) is 6.68. The lowest BCUT2D eigenvalue weighted by Gasteiger charge is -2.31. The van der Waals surface area contributed by atoms with Gasteiger partial charge in [-0.15, -0.1) is 0 Å². The van der Waals surface area contributed by atoms with Crippen LogP contribution in [-0.4, -0.2) is 36.7 Å². The van der Waals surface area contributed by atoms with E-state index >= 15 is 0 Å². The molecular weight excluding hydrogens is 188 g/mol. The number of nitrogens with zero attached hydrogens (tertiary/aromatic N) is 1. The summed E-state index contributed by atoms with van der Waals surface area (Å²) < 4.78 is 0. The second-order valence-corrected chi connectivity index (χ2v) is 4.31. The number of aliphatic hydroxyl groups is 1. The first-order valence-electron chi connectivity index (χ1n) is 5.34. The van der Waals surface area contributed by atoms with Crippen LogP contribution in [-0.2, 0) is 13.0 Å². The number of hydrogen-bond acceptors (Lipinski definition) is 3. The number of para-hydroxylation sites is 1. The van der Waals surface area contributed by atoms with Crippen molar-refractivity contribution in [2.45, 2.75) is 19.1 Å². The predicted octanol–water partition coefficient (Wildman–Crippen LogP) is 1.08. The van der Waals surface area contributed by atoms with Crippen molar-refractivity contribution in [2.75, 3.05) is 26.0 Å². The SMILES string of the molecule is CN(C)C1CNc2c(CO)cccc2C1. The first-order chi connectivity index (χ1) is 7.22. The van der Waals surface area contributed by atoms with Crippen molar-refractivity contribution in [2.24, 2.45) is 0 Å². The fraction of sp³-hybridized carbons (Fsp3) is 0.500. The van der Waals surface area contributed by atoms with E-state index in [0.29, 0.717) is 6.04 Å². The molecule has 0 spiro atoms. The second-order valence-electron chi connectivity index (χ2n) is 4.31. The zero-order valence-corrected chi connectivity index (χ0v) is 9.33. The molecule has 0 saturated carbocycles. The number of rotatable bonds is 2. The van der Waals surface area contributed by atoms with Gasteiger partial charge in [-0.2, -0.15) is 0 Å². The number of likely N-dealkylation sites (N-methyl/N-ethyl adjacent to an activating group) is 1. The van der Waals surface area contributed by atoms with E-state index in [1.165, 1.54) is 5.56 Å². The van der Waals surface area contributed by atoms with Gasteiger partial charge >= 0.3 is 0 Å². The topological polar surface area (TPSA) is 35.5 Å². The van der Waals surface area contributed by atoms with Gasteiger partial charge in [0.1, 0.15) is 0 Å². The Morgan fingerprint density at radius 2 is 2.27 bits per heavy atom. The minimum absolute atomic E-state index is 0.114. The normalized spacial score (nSPS) is 19.9. The minimum atomic E-state index is 0.114. The molecule has 3 nitrogen and oxygen atoms in total. The highest BCUT2D eigenvalue weighted by Gasteiger charge is 2.20. The van der Waals surface area contributed by atoms with E-state index in [9.17, 15) is 5.11 Å². The second kappa shape index (κ2) is 4.21. The molecule has 1 atom stereocenters. The third-order valence-electron chi connectivity index (χ3n) is 3.11. The molecule has 1 aliphatic heterocycles.